The number of hydrogen-bond acceptors (Lipinski definition) is 4. The van der Waals surface area contributed by atoms with E-state index in [1.165, 1.54) is 25.1 Å². The van der Waals surface area contributed by atoms with E-state index in [0.717, 1.165) is 13.2 Å². The van der Waals surface area contributed by atoms with Crippen molar-refractivity contribution in [2.45, 2.75) is 13.5 Å². The Bertz CT molecular complexity index is 634. The van der Waals surface area contributed by atoms with Crippen LogP contribution in [0.1, 0.15) is 11.8 Å². The third kappa shape index (κ3) is 2.82. The fraction of sp³-hybridized carbons (Fsp3) is 0.200. The van der Waals surface area contributed by atoms with Gasteiger partial charge < -0.3 is 4.74 Å². The normalized spacial score (nSPS) is 11.0. The highest BCUT2D eigenvalue weighted by molar-refractivity contribution is 7.22. The molecule has 3 heterocycles. The summed E-state index contributed by atoms with van der Waals surface area (Å²) in [7, 11) is 0. The fourth-order valence-electron chi connectivity index (χ4n) is 1.91. The Kier molecular flexibility index (Phi) is 4.13. The average Bonchev–Trinajstić information content (AvgIpc) is 3.14. The molecular formula is C15H14OS3. The second-order valence-electron chi connectivity index (χ2n) is 4.04. The Balaban J connectivity index is 1.90. The van der Waals surface area contributed by atoms with E-state index in [1.807, 2.05) is 29.6 Å². The van der Waals surface area contributed by atoms with Crippen LogP contribution in [0.25, 0.3) is 20.2 Å². The topological polar surface area (TPSA) is 9.23 Å². The van der Waals surface area contributed by atoms with E-state index in [0.29, 0.717) is 0 Å². The highest BCUT2D eigenvalue weighted by atomic mass is 32.1. The van der Waals surface area contributed by atoms with E-state index < -0.39 is 0 Å². The fourth-order valence-corrected chi connectivity index (χ4v) is 4.73. The molecule has 0 aliphatic carbocycles. The van der Waals surface area contributed by atoms with Gasteiger partial charge in [-0.25, -0.2) is 0 Å². The number of rotatable bonds is 5. The quantitative estimate of drug-likeness (QED) is 0.584. The molecule has 4 heteroatoms. The second kappa shape index (κ2) is 6.01. The van der Waals surface area contributed by atoms with E-state index in [-0.39, 0.29) is 0 Å². The van der Waals surface area contributed by atoms with Crippen molar-refractivity contribution in [3.8, 4) is 20.2 Å². The predicted molar refractivity (Wildman–Crippen MR) is 86.3 cm³/mol. The molecule has 0 radical (unpaired) electrons. The molecule has 0 saturated carbocycles. The van der Waals surface area contributed by atoms with E-state index in [2.05, 4.69) is 41.1 Å². The Morgan fingerprint density at radius 3 is 2.74 bits per heavy atom. The van der Waals surface area contributed by atoms with Gasteiger partial charge in [0, 0.05) is 26.8 Å². The van der Waals surface area contributed by atoms with Crippen LogP contribution in [0, 0.1) is 0 Å². The van der Waals surface area contributed by atoms with Crippen molar-refractivity contribution < 1.29 is 4.74 Å². The van der Waals surface area contributed by atoms with Crippen LogP contribution < -0.4 is 0 Å². The van der Waals surface area contributed by atoms with Crippen LogP contribution >= 0.6 is 34.0 Å². The maximum atomic E-state index is 5.47. The van der Waals surface area contributed by atoms with Gasteiger partial charge in [0.15, 0.2) is 0 Å². The minimum absolute atomic E-state index is 0.723. The Morgan fingerprint density at radius 2 is 1.95 bits per heavy atom. The van der Waals surface area contributed by atoms with Gasteiger partial charge in [-0.3, -0.25) is 0 Å². The molecule has 19 heavy (non-hydrogen) atoms. The third-order valence-corrected chi connectivity index (χ3v) is 5.84. The summed E-state index contributed by atoms with van der Waals surface area (Å²) in [6.07, 6.45) is 0. The Labute approximate surface area is 125 Å². The van der Waals surface area contributed by atoms with E-state index >= 15 is 0 Å². The molecule has 3 rings (SSSR count). The maximum absolute atomic E-state index is 5.47. The Morgan fingerprint density at radius 1 is 1.00 bits per heavy atom. The highest BCUT2D eigenvalue weighted by Crippen LogP contribution is 2.41. The molecule has 0 N–H and O–H groups in total. The molecule has 0 aromatic carbocycles. The first-order valence-electron chi connectivity index (χ1n) is 6.16. The summed E-state index contributed by atoms with van der Waals surface area (Å²) < 4.78 is 5.47. The lowest BCUT2D eigenvalue weighted by molar-refractivity contribution is 0.136. The minimum atomic E-state index is 0.723. The molecule has 3 aromatic heterocycles. The van der Waals surface area contributed by atoms with Crippen molar-refractivity contribution in [1.82, 2.24) is 0 Å². The summed E-state index contributed by atoms with van der Waals surface area (Å²) in [6, 6.07) is 10.9. The summed E-state index contributed by atoms with van der Waals surface area (Å²) in [5, 5.41) is 4.30. The standard InChI is InChI=1S/C15H14OS3/c1-2-16-10-11-5-6-14(19-11)15-12(7-9-18-15)13-4-3-8-17-13/h3-9H,2,10H2,1H3. The number of ether oxygens (including phenoxy) is 1. The zero-order valence-corrected chi connectivity index (χ0v) is 13.0. The maximum Gasteiger partial charge on any atom is 0.0809 e. The van der Waals surface area contributed by atoms with Crippen LogP contribution in [0.2, 0.25) is 0 Å². The number of hydrogen-bond donors (Lipinski definition) is 0. The molecule has 0 fully saturated rings. The lowest BCUT2D eigenvalue weighted by atomic mass is 10.2. The summed E-state index contributed by atoms with van der Waals surface area (Å²) in [5.74, 6) is 0. The van der Waals surface area contributed by atoms with Crippen molar-refractivity contribution in [2.75, 3.05) is 6.61 Å². The SMILES string of the molecule is CCOCc1ccc(-c2sccc2-c2cccs2)s1. The Hall–Kier alpha value is -0.940. The zero-order valence-electron chi connectivity index (χ0n) is 10.6. The van der Waals surface area contributed by atoms with Gasteiger partial charge in [-0.2, -0.15) is 0 Å². The number of thiophene rings is 3. The molecule has 1 nitrogen and oxygen atoms in total. The average molecular weight is 306 g/mol. The van der Waals surface area contributed by atoms with Crippen molar-refractivity contribution in [1.29, 1.82) is 0 Å². The molecular weight excluding hydrogens is 292 g/mol. The molecule has 0 saturated heterocycles. The van der Waals surface area contributed by atoms with Gasteiger partial charge in [0.25, 0.3) is 0 Å². The second-order valence-corrected chi connectivity index (χ2v) is 7.08. The van der Waals surface area contributed by atoms with E-state index in [4.69, 9.17) is 4.74 Å². The molecule has 0 atom stereocenters. The van der Waals surface area contributed by atoms with Gasteiger partial charge in [-0.05, 0) is 41.9 Å². The van der Waals surface area contributed by atoms with E-state index in [1.54, 1.807) is 11.3 Å². The monoisotopic (exact) mass is 306 g/mol. The summed E-state index contributed by atoms with van der Waals surface area (Å²) in [6.45, 7) is 3.52. The van der Waals surface area contributed by atoms with Crippen molar-refractivity contribution in [2.24, 2.45) is 0 Å². The van der Waals surface area contributed by atoms with Crippen LogP contribution in [0.4, 0.5) is 0 Å². The first kappa shape index (κ1) is 13.1. The molecule has 0 aliphatic heterocycles. The minimum Gasteiger partial charge on any atom is -0.376 e. The first-order valence-corrected chi connectivity index (χ1v) is 8.74. The van der Waals surface area contributed by atoms with Crippen LogP contribution in [0.5, 0.6) is 0 Å². The third-order valence-electron chi connectivity index (χ3n) is 2.79. The van der Waals surface area contributed by atoms with Gasteiger partial charge in [-0.15, -0.1) is 34.0 Å². The lowest BCUT2D eigenvalue weighted by Gasteiger charge is -1.99. The molecule has 3 aromatic rings. The molecule has 98 valence electrons. The van der Waals surface area contributed by atoms with Crippen molar-refractivity contribution in [3.05, 3.63) is 46.0 Å². The van der Waals surface area contributed by atoms with Crippen LogP contribution in [0.15, 0.2) is 41.1 Å². The van der Waals surface area contributed by atoms with Gasteiger partial charge in [-0.1, -0.05) is 6.07 Å². The van der Waals surface area contributed by atoms with Crippen molar-refractivity contribution >= 4 is 34.0 Å². The highest BCUT2D eigenvalue weighted by Gasteiger charge is 2.12. The predicted octanol–water partition coefficient (Wildman–Crippen LogP) is 5.74. The largest absolute Gasteiger partial charge is 0.376 e. The summed E-state index contributed by atoms with van der Waals surface area (Å²) >= 11 is 5.44. The molecule has 0 bridgehead atoms. The summed E-state index contributed by atoms with van der Waals surface area (Å²) in [5.41, 5.74) is 1.35. The molecule has 0 unspecified atom stereocenters. The molecule has 0 spiro atoms. The van der Waals surface area contributed by atoms with Crippen LogP contribution in [-0.2, 0) is 11.3 Å². The van der Waals surface area contributed by atoms with Crippen molar-refractivity contribution in [3.63, 3.8) is 0 Å². The van der Waals surface area contributed by atoms with Gasteiger partial charge in [0.1, 0.15) is 0 Å². The van der Waals surface area contributed by atoms with Crippen LogP contribution in [0.3, 0.4) is 0 Å². The lowest BCUT2D eigenvalue weighted by Crippen LogP contribution is -1.87. The molecule has 0 aliphatic rings. The first-order chi connectivity index (χ1) is 9.38. The molecule has 0 amide bonds. The smallest absolute Gasteiger partial charge is 0.0809 e. The van der Waals surface area contributed by atoms with Gasteiger partial charge in [0.2, 0.25) is 0 Å². The van der Waals surface area contributed by atoms with Crippen LogP contribution in [-0.4, -0.2) is 6.61 Å². The summed E-state index contributed by atoms with van der Waals surface area (Å²) in [4.78, 5) is 5.35. The van der Waals surface area contributed by atoms with E-state index in [9.17, 15) is 0 Å². The zero-order chi connectivity index (χ0) is 13.1. The van der Waals surface area contributed by atoms with Gasteiger partial charge in [0.05, 0.1) is 11.5 Å². The van der Waals surface area contributed by atoms with Gasteiger partial charge >= 0.3 is 0 Å².